The number of para-hydroxylation sites is 1. The van der Waals surface area contributed by atoms with Gasteiger partial charge in [0.1, 0.15) is 17.5 Å². The molecule has 0 saturated heterocycles. The van der Waals surface area contributed by atoms with Crippen LogP contribution in [0.2, 0.25) is 0 Å². The number of sulfonamides is 1. The lowest BCUT2D eigenvalue weighted by atomic mass is 10.0. The highest BCUT2D eigenvalue weighted by atomic mass is 32.2. The maximum atomic E-state index is 13.4. The van der Waals surface area contributed by atoms with E-state index in [0.29, 0.717) is 22.7 Å². The summed E-state index contributed by atoms with van der Waals surface area (Å²) in [7, 11) is -2.59. The van der Waals surface area contributed by atoms with E-state index >= 15 is 0 Å². The fourth-order valence-corrected chi connectivity index (χ4v) is 5.98. The fraction of sp³-hybridized carbons (Fsp3) is 0.160. The summed E-state index contributed by atoms with van der Waals surface area (Å²) in [6.07, 6.45) is 0.296. The maximum Gasteiger partial charge on any atom is 0.250 e. The smallest absolute Gasteiger partial charge is 0.250 e. The number of carbonyl (C=O) groups is 1. The van der Waals surface area contributed by atoms with Crippen molar-refractivity contribution >= 4 is 49.0 Å². The topological polar surface area (TPSA) is 147 Å². The number of nitrogens with two attached hydrogens (primary N) is 1. The van der Waals surface area contributed by atoms with Crippen molar-refractivity contribution in [2.45, 2.75) is 17.4 Å². The van der Waals surface area contributed by atoms with Crippen LogP contribution in [0.4, 0.5) is 5.69 Å². The minimum atomic E-state index is -4.00. The number of benzene rings is 3. The van der Waals surface area contributed by atoms with Crippen molar-refractivity contribution in [3.05, 3.63) is 88.9 Å². The van der Waals surface area contributed by atoms with Crippen LogP contribution in [-0.4, -0.2) is 38.9 Å². The number of nitrogen functional groups attached to an aromatic ring is 1. The third kappa shape index (κ3) is 6.13. The summed E-state index contributed by atoms with van der Waals surface area (Å²) < 4.78 is 35.4. The highest BCUT2D eigenvalue weighted by Gasteiger charge is 2.25. The number of thiazole rings is 1. The number of rotatable bonds is 10. The quantitative estimate of drug-likeness (QED) is 0.185. The van der Waals surface area contributed by atoms with E-state index in [0.717, 1.165) is 15.8 Å². The molecule has 1 aromatic heterocycles. The van der Waals surface area contributed by atoms with Gasteiger partial charge < -0.3 is 15.8 Å². The number of fused-ring (bicyclic) bond motifs is 1. The largest absolute Gasteiger partial charge is 0.384 e. The number of hydrogen-bond donors (Lipinski definition) is 4. The first-order valence-corrected chi connectivity index (χ1v) is 13.2. The van der Waals surface area contributed by atoms with Gasteiger partial charge in [-0.2, -0.15) is 0 Å². The lowest BCUT2D eigenvalue weighted by molar-refractivity contribution is -0.119. The summed E-state index contributed by atoms with van der Waals surface area (Å²) in [4.78, 5) is 16.5. The van der Waals surface area contributed by atoms with Crippen LogP contribution in [0.1, 0.15) is 22.2 Å². The van der Waals surface area contributed by atoms with Crippen molar-refractivity contribution in [2.75, 3.05) is 19.0 Å². The second-order valence-electron chi connectivity index (χ2n) is 8.02. The van der Waals surface area contributed by atoms with Crippen LogP contribution in [-0.2, 0) is 26.0 Å². The Morgan fingerprint density at radius 3 is 2.64 bits per heavy atom. The van der Waals surface area contributed by atoms with Gasteiger partial charge in [0, 0.05) is 18.4 Å². The first kappa shape index (κ1) is 25.5. The van der Waals surface area contributed by atoms with E-state index in [-0.39, 0.29) is 17.3 Å². The summed E-state index contributed by atoms with van der Waals surface area (Å²) in [6, 6.07) is 20.1. The van der Waals surface area contributed by atoms with E-state index in [1.54, 1.807) is 30.3 Å². The van der Waals surface area contributed by atoms with Crippen LogP contribution in [0.25, 0.3) is 10.2 Å². The van der Waals surface area contributed by atoms with Gasteiger partial charge in [-0.3, -0.25) is 10.2 Å². The van der Waals surface area contributed by atoms with Gasteiger partial charge in [-0.25, -0.2) is 18.1 Å². The van der Waals surface area contributed by atoms with Crippen molar-refractivity contribution in [1.82, 2.24) is 9.71 Å². The molecule has 0 fully saturated rings. The minimum absolute atomic E-state index is 0.00122. The van der Waals surface area contributed by atoms with Gasteiger partial charge in [0.05, 0.1) is 21.2 Å². The van der Waals surface area contributed by atoms with E-state index in [2.05, 4.69) is 15.0 Å². The Balaban J connectivity index is 1.67. The molecule has 9 nitrogen and oxygen atoms in total. The number of amides is 1. The predicted octanol–water partition coefficient (Wildman–Crippen LogP) is 3.43. The molecule has 4 aromatic rings. The van der Waals surface area contributed by atoms with Crippen molar-refractivity contribution in [3.8, 4) is 0 Å². The summed E-state index contributed by atoms with van der Waals surface area (Å²) >= 11 is 1.41. The van der Waals surface area contributed by atoms with Crippen molar-refractivity contribution in [2.24, 2.45) is 5.73 Å². The van der Waals surface area contributed by atoms with Crippen molar-refractivity contribution < 1.29 is 17.9 Å². The van der Waals surface area contributed by atoms with Crippen LogP contribution in [0.3, 0.4) is 0 Å². The Hall–Kier alpha value is -3.64. The Labute approximate surface area is 212 Å². The molecule has 186 valence electrons. The van der Waals surface area contributed by atoms with Crippen molar-refractivity contribution in [1.29, 1.82) is 5.41 Å². The number of methoxy groups -OCH3 is 1. The second-order valence-corrected chi connectivity index (χ2v) is 10.8. The zero-order valence-corrected chi connectivity index (χ0v) is 21.0. The number of ether oxygens (including phenoxy) is 1. The van der Waals surface area contributed by atoms with Crippen LogP contribution in [0.5, 0.6) is 0 Å². The predicted molar refractivity (Wildman–Crippen MR) is 141 cm³/mol. The van der Waals surface area contributed by atoms with Crippen molar-refractivity contribution in [3.63, 3.8) is 0 Å². The molecule has 11 heteroatoms. The van der Waals surface area contributed by atoms with Gasteiger partial charge in [0.25, 0.3) is 0 Å². The molecule has 1 heterocycles. The summed E-state index contributed by atoms with van der Waals surface area (Å²) in [5.74, 6) is -0.459. The molecule has 0 aliphatic rings. The first-order chi connectivity index (χ1) is 17.2. The van der Waals surface area contributed by atoms with Gasteiger partial charge in [0.15, 0.2) is 0 Å². The number of nitrogens with one attached hydrogen (secondary N) is 3. The molecule has 5 N–H and O–H groups in total. The standard InChI is InChI=1S/C25H25N5O4S2/c1-34-15-23(31)28-18-8-5-9-19(14-18)36(32,33)30-21(13-16-6-4-7-17(12-16)24(26)27)25-29-20-10-2-3-11-22(20)35-25/h2-12,14,21,30H,13,15H2,1H3,(H3,26,27)(H,28,31)/t21-/m0/s1. The van der Waals surface area contributed by atoms with E-state index in [1.165, 1.54) is 30.6 Å². The molecule has 36 heavy (non-hydrogen) atoms. The van der Waals surface area contributed by atoms with Gasteiger partial charge >= 0.3 is 0 Å². The van der Waals surface area contributed by atoms with E-state index in [9.17, 15) is 13.2 Å². The molecule has 0 unspecified atom stereocenters. The van der Waals surface area contributed by atoms with Gasteiger partial charge in [-0.15, -0.1) is 11.3 Å². The first-order valence-electron chi connectivity index (χ1n) is 10.9. The van der Waals surface area contributed by atoms with Gasteiger partial charge in [-0.05, 0) is 48.4 Å². The van der Waals surface area contributed by atoms with Gasteiger partial charge in [-0.1, -0.05) is 36.4 Å². The van der Waals surface area contributed by atoms with Gasteiger partial charge in [0.2, 0.25) is 15.9 Å². The van der Waals surface area contributed by atoms with Crippen LogP contribution < -0.4 is 15.8 Å². The number of anilines is 1. The number of carbonyl (C=O) groups excluding carboxylic acids is 1. The highest BCUT2D eigenvalue weighted by Crippen LogP contribution is 2.30. The SMILES string of the molecule is COCC(=O)Nc1cccc(S(=O)(=O)N[C@@H](Cc2cccc(C(=N)N)c2)c2nc3ccccc3s2)c1. The highest BCUT2D eigenvalue weighted by molar-refractivity contribution is 7.89. The Kier molecular flexibility index (Phi) is 7.75. The zero-order chi connectivity index (χ0) is 25.7. The molecule has 0 saturated carbocycles. The molecule has 1 atom stereocenters. The van der Waals surface area contributed by atoms with E-state index in [1.807, 2.05) is 30.3 Å². The third-order valence-electron chi connectivity index (χ3n) is 5.29. The molecule has 0 radical (unpaired) electrons. The minimum Gasteiger partial charge on any atom is -0.384 e. The number of amidine groups is 1. The average Bonchev–Trinajstić information content (AvgIpc) is 3.28. The van der Waals surface area contributed by atoms with E-state index in [4.69, 9.17) is 15.9 Å². The fourth-order valence-electron chi connectivity index (χ4n) is 3.64. The lowest BCUT2D eigenvalue weighted by Gasteiger charge is -2.18. The normalized spacial score (nSPS) is 12.4. The number of nitrogens with zero attached hydrogens (tertiary/aromatic N) is 1. The zero-order valence-electron chi connectivity index (χ0n) is 19.4. The van der Waals surface area contributed by atoms with Crippen LogP contribution in [0, 0.1) is 5.41 Å². The molecular weight excluding hydrogens is 498 g/mol. The Morgan fingerprint density at radius 1 is 1.11 bits per heavy atom. The molecule has 0 bridgehead atoms. The Bertz CT molecular complexity index is 1480. The average molecular weight is 524 g/mol. The number of aromatic nitrogens is 1. The molecule has 3 aromatic carbocycles. The summed E-state index contributed by atoms with van der Waals surface area (Å²) in [5.41, 5.74) is 8.12. The monoisotopic (exact) mass is 523 g/mol. The molecular formula is C25H25N5O4S2. The summed E-state index contributed by atoms with van der Waals surface area (Å²) in [6.45, 7) is -0.145. The maximum absolute atomic E-state index is 13.4. The van der Waals surface area contributed by atoms with E-state index < -0.39 is 22.0 Å². The molecule has 0 aliphatic heterocycles. The van der Waals surface area contributed by atoms with Crippen LogP contribution in [0.15, 0.2) is 77.7 Å². The Morgan fingerprint density at radius 2 is 1.89 bits per heavy atom. The molecule has 4 rings (SSSR count). The summed E-state index contributed by atoms with van der Waals surface area (Å²) in [5, 5.41) is 10.9. The number of hydrogen-bond acceptors (Lipinski definition) is 7. The molecule has 0 spiro atoms. The third-order valence-corrected chi connectivity index (χ3v) is 7.91. The molecule has 1 amide bonds. The van der Waals surface area contributed by atoms with Crippen LogP contribution >= 0.6 is 11.3 Å². The lowest BCUT2D eigenvalue weighted by Crippen LogP contribution is -2.30. The molecule has 0 aliphatic carbocycles. The second kappa shape index (κ2) is 11.0.